The van der Waals surface area contributed by atoms with Gasteiger partial charge in [-0.2, -0.15) is 0 Å². The summed E-state index contributed by atoms with van der Waals surface area (Å²) in [7, 11) is 0. The van der Waals surface area contributed by atoms with Gasteiger partial charge in [0.1, 0.15) is 0 Å². The number of hydrogen-bond donors (Lipinski definition) is 0. The molecule has 0 N–H and O–H groups in total. The highest BCUT2D eigenvalue weighted by molar-refractivity contribution is 5.02. The molecule has 1 unspecified atom stereocenters. The lowest BCUT2D eigenvalue weighted by Gasteiger charge is -2.19. The first-order valence-corrected chi connectivity index (χ1v) is 4.26. The summed E-state index contributed by atoms with van der Waals surface area (Å²) < 4.78 is 0. The van der Waals surface area contributed by atoms with Crippen molar-refractivity contribution in [2.24, 2.45) is 11.8 Å². The second-order valence-corrected chi connectivity index (χ2v) is 3.29. The molecule has 0 saturated carbocycles. The fourth-order valence-corrected chi connectivity index (χ4v) is 1.53. The van der Waals surface area contributed by atoms with Gasteiger partial charge in [-0.3, -0.25) is 0 Å². The Morgan fingerprint density at radius 2 is 1.90 bits per heavy atom. The Morgan fingerprint density at radius 1 is 1.40 bits per heavy atom. The first-order valence-electron chi connectivity index (χ1n) is 4.26. The summed E-state index contributed by atoms with van der Waals surface area (Å²) in [6.45, 7) is 11.2. The lowest BCUT2D eigenvalue weighted by molar-refractivity contribution is 0.430. The molecule has 1 atom stereocenters. The maximum Gasteiger partial charge on any atom is -0.0186 e. The van der Waals surface area contributed by atoms with Crippen LogP contribution in [0.2, 0.25) is 0 Å². The van der Waals surface area contributed by atoms with Crippen molar-refractivity contribution in [3.05, 3.63) is 11.6 Å². The predicted molar refractivity (Wildman–Crippen MR) is 48.1 cm³/mol. The van der Waals surface area contributed by atoms with Crippen molar-refractivity contribution in [1.82, 2.24) is 0 Å². The highest BCUT2D eigenvalue weighted by Crippen LogP contribution is 2.22. The molecular formula is C10H20. The van der Waals surface area contributed by atoms with Crippen LogP contribution in [0.5, 0.6) is 0 Å². The molecule has 0 spiro atoms. The second kappa shape index (κ2) is 4.54. The van der Waals surface area contributed by atoms with Crippen LogP contribution in [-0.4, -0.2) is 0 Å². The molecule has 0 radical (unpaired) electrons. The number of allylic oxidation sites excluding steroid dienone is 2. The highest BCUT2D eigenvalue weighted by atomic mass is 14.2. The maximum atomic E-state index is 2.29. The average molecular weight is 140 g/mol. The van der Waals surface area contributed by atoms with E-state index in [1.807, 2.05) is 0 Å². The van der Waals surface area contributed by atoms with E-state index in [0.29, 0.717) is 0 Å². The Hall–Kier alpha value is -0.260. The van der Waals surface area contributed by atoms with Gasteiger partial charge >= 0.3 is 0 Å². The summed E-state index contributed by atoms with van der Waals surface area (Å²) in [5, 5.41) is 0. The Balaban J connectivity index is 4.07. The molecule has 0 aromatic rings. The number of hydrogen-bond acceptors (Lipinski definition) is 0. The van der Waals surface area contributed by atoms with Gasteiger partial charge in [0, 0.05) is 0 Å². The third kappa shape index (κ3) is 2.55. The lowest BCUT2D eigenvalue weighted by Crippen LogP contribution is -2.08. The zero-order valence-corrected chi connectivity index (χ0v) is 7.94. The van der Waals surface area contributed by atoms with Crippen LogP contribution in [0.15, 0.2) is 11.6 Å². The first-order chi connectivity index (χ1) is 4.63. The monoisotopic (exact) mass is 140 g/mol. The summed E-state index contributed by atoms with van der Waals surface area (Å²) >= 11 is 0. The molecule has 60 valence electrons. The molecule has 0 aliphatic rings. The minimum absolute atomic E-state index is 0.793. The molecule has 0 rings (SSSR count). The zero-order valence-electron chi connectivity index (χ0n) is 7.94. The van der Waals surface area contributed by atoms with E-state index in [-0.39, 0.29) is 0 Å². The molecule has 10 heavy (non-hydrogen) atoms. The molecule has 0 amide bonds. The molecule has 0 saturated heterocycles. The van der Waals surface area contributed by atoms with E-state index >= 15 is 0 Å². The van der Waals surface area contributed by atoms with Gasteiger partial charge in [-0.25, -0.2) is 0 Å². The number of rotatable bonds is 3. The second-order valence-electron chi connectivity index (χ2n) is 3.29. The molecule has 0 fully saturated rings. The summed E-state index contributed by atoms with van der Waals surface area (Å²) in [5.74, 6) is 1.59. The van der Waals surface area contributed by atoms with Crippen LogP contribution in [0.1, 0.15) is 41.0 Å². The van der Waals surface area contributed by atoms with Crippen LogP contribution >= 0.6 is 0 Å². The van der Waals surface area contributed by atoms with E-state index in [2.05, 4.69) is 40.7 Å². The largest absolute Gasteiger partial charge is 0.0884 e. The minimum atomic E-state index is 0.793. The van der Waals surface area contributed by atoms with Crippen LogP contribution in [0.25, 0.3) is 0 Å². The quantitative estimate of drug-likeness (QED) is 0.525. The van der Waals surface area contributed by atoms with E-state index < -0.39 is 0 Å². The highest BCUT2D eigenvalue weighted by Gasteiger charge is 2.11. The fourth-order valence-electron chi connectivity index (χ4n) is 1.53. The molecule has 0 heterocycles. The average Bonchev–Trinajstić information content (AvgIpc) is 1.88. The molecular weight excluding hydrogens is 120 g/mol. The van der Waals surface area contributed by atoms with E-state index in [1.54, 1.807) is 0 Å². The van der Waals surface area contributed by atoms with Gasteiger partial charge in [-0.15, -0.1) is 0 Å². The van der Waals surface area contributed by atoms with Gasteiger partial charge in [0.2, 0.25) is 0 Å². The normalized spacial score (nSPS) is 16.0. The summed E-state index contributed by atoms with van der Waals surface area (Å²) in [5.41, 5.74) is 1.54. The van der Waals surface area contributed by atoms with Crippen molar-refractivity contribution < 1.29 is 0 Å². The van der Waals surface area contributed by atoms with Crippen LogP contribution in [0.3, 0.4) is 0 Å². The minimum Gasteiger partial charge on any atom is -0.0884 e. The van der Waals surface area contributed by atoms with E-state index in [9.17, 15) is 0 Å². The van der Waals surface area contributed by atoms with Gasteiger partial charge in [-0.1, -0.05) is 32.4 Å². The molecule has 0 aromatic carbocycles. The Labute approximate surface area is 65.3 Å². The maximum absolute atomic E-state index is 2.29. The lowest BCUT2D eigenvalue weighted by atomic mass is 9.87. The van der Waals surface area contributed by atoms with Crippen molar-refractivity contribution in [3.8, 4) is 0 Å². The Morgan fingerprint density at radius 3 is 2.00 bits per heavy atom. The Kier molecular flexibility index (Phi) is 4.42. The molecule has 0 aliphatic carbocycles. The Bertz CT molecular complexity index is 109. The standard InChI is InChI=1S/C10H20/c1-6-9(5)10(7-2)8(3)4/h6,8,10H,7H2,1-5H3/b9-6+. The molecule has 0 heteroatoms. The third-order valence-corrected chi connectivity index (χ3v) is 2.28. The molecule has 0 aliphatic heterocycles. The van der Waals surface area contributed by atoms with Crippen molar-refractivity contribution in [2.75, 3.05) is 0 Å². The third-order valence-electron chi connectivity index (χ3n) is 2.28. The van der Waals surface area contributed by atoms with Gasteiger partial charge in [0.15, 0.2) is 0 Å². The van der Waals surface area contributed by atoms with E-state index in [0.717, 1.165) is 11.8 Å². The van der Waals surface area contributed by atoms with Crippen LogP contribution in [0, 0.1) is 11.8 Å². The van der Waals surface area contributed by atoms with Crippen LogP contribution in [0.4, 0.5) is 0 Å². The smallest absolute Gasteiger partial charge is 0.0186 e. The van der Waals surface area contributed by atoms with Gasteiger partial charge in [0.25, 0.3) is 0 Å². The molecule has 0 nitrogen and oxygen atoms in total. The summed E-state index contributed by atoms with van der Waals surface area (Å²) in [6.07, 6.45) is 3.50. The van der Waals surface area contributed by atoms with Crippen LogP contribution in [-0.2, 0) is 0 Å². The first kappa shape index (κ1) is 9.74. The topological polar surface area (TPSA) is 0 Å². The SMILES string of the molecule is C/C=C(\C)C(CC)C(C)C. The van der Waals surface area contributed by atoms with E-state index in [4.69, 9.17) is 0 Å². The van der Waals surface area contributed by atoms with E-state index in [1.165, 1.54) is 12.0 Å². The zero-order chi connectivity index (χ0) is 8.15. The van der Waals surface area contributed by atoms with Crippen molar-refractivity contribution in [2.45, 2.75) is 41.0 Å². The van der Waals surface area contributed by atoms with Crippen molar-refractivity contribution in [3.63, 3.8) is 0 Å². The van der Waals surface area contributed by atoms with Gasteiger partial charge < -0.3 is 0 Å². The van der Waals surface area contributed by atoms with Gasteiger partial charge in [0.05, 0.1) is 0 Å². The van der Waals surface area contributed by atoms with Crippen LogP contribution < -0.4 is 0 Å². The summed E-state index contributed by atoms with van der Waals surface area (Å²) in [4.78, 5) is 0. The fraction of sp³-hybridized carbons (Fsp3) is 0.800. The van der Waals surface area contributed by atoms with Crippen molar-refractivity contribution in [1.29, 1.82) is 0 Å². The van der Waals surface area contributed by atoms with Crippen molar-refractivity contribution >= 4 is 0 Å². The molecule has 0 bridgehead atoms. The predicted octanol–water partition coefficient (Wildman–Crippen LogP) is 3.63. The van der Waals surface area contributed by atoms with Gasteiger partial charge in [-0.05, 0) is 32.1 Å². The molecule has 0 aromatic heterocycles. The summed E-state index contributed by atoms with van der Waals surface area (Å²) in [6, 6.07) is 0.